The third-order valence-corrected chi connectivity index (χ3v) is 8.92. The van der Waals surface area contributed by atoms with Gasteiger partial charge in [-0.2, -0.15) is 0 Å². The van der Waals surface area contributed by atoms with E-state index >= 15 is 0 Å². The molecule has 0 radical (unpaired) electrons. The van der Waals surface area contributed by atoms with Crippen molar-refractivity contribution in [1.29, 1.82) is 0 Å². The van der Waals surface area contributed by atoms with Gasteiger partial charge < -0.3 is 0 Å². The molecule has 32 heavy (non-hydrogen) atoms. The summed E-state index contributed by atoms with van der Waals surface area (Å²) in [6, 6.07) is 25.1. The average molecular weight is 494 g/mol. The molecule has 0 aliphatic heterocycles. The normalized spacial score (nSPS) is 23.6. The van der Waals surface area contributed by atoms with Crippen molar-refractivity contribution in [2.75, 3.05) is 0 Å². The van der Waals surface area contributed by atoms with Crippen molar-refractivity contribution in [3.8, 4) is 0 Å². The lowest BCUT2D eigenvalue weighted by molar-refractivity contribution is 0.530. The van der Waals surface area contributed by atoms with Crippen LogP contribution in [0.15, 0.2) is 72.8 Å². The summed E-state index contributed by atoms with van der Waals surface area (Å²) < 4.78 is 0. The first-order valence-electron chi connectivity index (χ1n) is 10.7. The van der Waals surface area contributed by atoms with E-state index < -0.39 is 0 Å². The molecule has 6 aliphatic carbocycles. The van der Waals surface area contributed by atoms with E-state index in [0.717, 1.165) is 20.1 Å². The zero-order valence-corrected chi connectivity index (χ0v) is 19.8. The summed E-state index contributed by atoms with van der Waals surface area (Å²) in [5, 5.41) is 3.18. The van der Waals surface area contributed by atoms with Crippen molar-refractivity contribution in [2.45, 2.75) is 23.7 Å². The van der Waals surface area contributed by atoms with Crippen LogP contribution in [0.1, 0.15) is 68.2 Å². The molecule has 156 valence electrons. The maximum Gasteiger partial charge on any atom is 0.0447 e. The minimum absolute atomic E-state index is 0.0191. The van der Waals surface area contributed by atoms with E-state index in [4.69, 9.17) is 46.4 Å². The Morgan fingerprint density at radius 1 is 0.344 bits per heavy atom. The van der Waals surface area contributed by atoms with Crippen LogP contribution < -0.4 is 0 Å². The van der Waals surface area contributed by atoms with Crippen LogP contribution in [-0.4, -0.2) is 0 Å². The Balaban J connectivity index is 1.73. The van der Waals surface area contributed by atoms with E-state index in [0.29, 0.717) is 0 Å². The van der Waals surface area contributed by atoms with Gasteiger partial charge in [-0.3, -0.25) is 0 Å². The number of hydrogen-bond acceptors (Lipinski definition) is 0. The van der Waals surface area contributed by atoms with Gasteiger partial charge in [0.05, 0.1) is 0 Å². The van der Waals surface area contributed by atoms with Gasteiger partial charge in [-0.15, -0.1) is 0 Å². The number of benzene rings is 4. The minimum atomic E-state index is -0.0191. The highest BCUT2D eigenvalue weighted by Crippen LogP contribution is 2.67. The topological polar surface area (TPSA) is 0 Å². The Kier molecular flexibility index (Phi) is 4.13. The molecule has 0 heterocycles. The van der Waals surface area contributed by atoms with Crippen molar-refractivity contribution < 1.29 is 0 Å². The van der Waals surface area contributed by atoms with E-state index in [1.54, 1.807) is 0 Å². The average Bonchev–Trinajstić information content (AvgIpc) is 2.76. The maximum absolute atomic E-state index is 6.94. The van der Waals surface area contributed by atoms with Gasteiger partial charge in [-0.1, -0.05) is 94.9 Å². The van der Waals surface area contributed by atoms with Gasteiger partial charge in [0.25, 0.3) is 0 Å². The molecule has 4 aromatic rings. The third-order valence-electron chi connectivity index (χ3n) is 7.60. The predicted molar refractivity (Wildman–Crippen MR) is 133 cm³/mol. The fourth-order valence-electron chi connectivity index (χ4n) is 6.62. The standard InChI is InChI=1S/C28H16Cl4/c29-17-9-1-5-13-21-14-6-2-10-18(30)24(14)28(23(13)17)22-15-7-3-11-19(31)25(15)27(21)26-16(22)8-4-12-20(26)32/h1-12,21-22,27-28H. The molecule has 4 bridgehead atoms. The second-order valence-electron chi connectivity index (χ2n) is 8.88. The third kappa shape index (κ3) is 2.32. The molecule has 0 amide bonds. The lowest BCUT2D eigenvalue weighted by atomic mass is 9.53. The fourth-order valence-corrected chi connectivity index (χ4v) is 7.82. The van der Waals surface area contributed by atoms with Crippen LogP contribution in [0.5, 0.6) is 0 Å². The summed E-state index contributed by atoms with van der Waals surface area (Å²) in [5.41, 5.74) is 9.76. The van der Waals surface area contributed by atoms with E-state index in [-0.39, 0.29) is 23.7 Å². The molecule has 0 saturated carbocycles. The first-order valence-corrected chi connectivity index (χ1v) is 12.2. The summed E-state index contributed by atoms with van der Waals surface area (Å²) in [6.45, 7) is 0. The molecule has 0 unspecified atom stereocenters. The SMILES string of the molecule is Clc1cccc2c1C1c3c(Cl)cccc3C2C2c3c(Cl)cccc3C1c1cccc(Cl)c12. The Hall–Kier alpha value is -1.96. The minimum Gasteiger partial charge on any atom is -0.0840 e. The van der Waals surface area contributed by atoms with Crippen LogP contribution in [0.2, 0.25) is 20.1 Å². The molecule has 0 aromatic heterocycles. The molecule has 4 heteroatoms. The van der Waals surface area contributed by atoms with Gasteiger partial charge in [-0.25, -0.2) is 0 Å². The van der Waals surface area contributed by atoms with Gasteiger partial charge in [0.1, 0.15) is 0 Å². The fraction of sp³-hybridized carbons (Fsp3) is 0.143. The van der Waals surface area contributed by atoms with Crippen molar-refractivity contribution in [3.05, 3.63) is 137 Å². The highest BCUT2D eigenvalue weighted by molar-refractivity contribution is 6.34. The van der Waals surface area contributed by atoms with E-state index in [1.165, 1.54) is 44.5 Å². The van der Waals surface area contributed by atoms with Gasteiger partial charge in [0, 0.05) is 43.8 Å². The van der Waals surface area contributed by atoms with Crippen molar-refractivity contribution >= 4 is 46.4 Å². The Morgan fingerprint density at radius 2 is 0.594 bits per heavy atom. The molecule has 0 saturated heterocycles. The molecule has 0 spiro atoms. The van der Waals surface area contributed by atoms with Crippen LogP contribution >= 0.6 is 46.4 Å². The molecule has 10 rings (SSSR count). The molecular formula is C28H16Cl4. The van der Waals surface area contributed by atoms with Crippen LogP contribution in [0.25, 0.3) is 0 Å². The van der Waals surface area contributed by atoms with Gasteiger partial charge in [0.15, 0.2) is 0 Å². The van der Waals surface area contributed by atoms with Gasteiger partial charge >= 0.3 is 0 Å². The van der Waals surface area contributed by atoms with E-state index in [2.05, 4.69) is 48.5 Å². The lowest BCUT2D eigenvalue weighted by Gasteiger charge is -2.50. The van der Waals surface area contributed by atoms with Crippen LogP contribution in [0, 0.1) is 0 Å². The monoisotopic (exact) mass is 492 g/mol. The molecule has 0 nitrogen and oxygen atoms in total. The molecule has 4 aromatic carbocycles. The Labute approximate surface area is 206 Å². The highest BCUT2D eigenvalue weighted by Gasteiger charge is 2.52. The summed E-state index contributed by atoms with van der Waals surface area (Å²) in [7, 11) is 0. The van der Waals surface area contributed by atoms with Crippen LogP contribution in [0.4, 0.5) is 0 Å². The summed E-state index contributed by atoms with van der Waals surface area (Å²) in [5.74, 6) is 0.00284. The molecule has 6 aliphatic rings. The number of halogens is 4. The van der Waals surface area contributed by atoms with Gasteiger partial charge in [-0.05, 0) is 68.8 Å². The van der Waals surface area contributed by atoms with Crippen LogP contribution in [-0.2, 0) is 0 Å². The van der Waals surface area contributed by atoms with Crippen molar-refractivity contribution in [3.63, 3.8) is 0 Å². The first kappa shape index (κ1) is 19.5. The lowest BCUT2D eigenvalue weighted by Crippen LogP contribution is -2.36. The zero-order valence-electron chi connectivity index (χ0n) is 16.7. The second-order valence-corrected chi connectivity index (χ2v) is 10.5. The largest absolute Gasteiger partial charge is 0.0840 e. The Bertz CT molecular complexity index is 1240. The summed E-state index contributed by atoms with van der Waals surface area (Å²) in [6.07, 6.45) is 0. The first-order chi connectivity index (χ1) is 15.6. The molecular weight excluding hydrogens is 478 g/mol. The molecule has 0 fully saturated rings. The quantitative estimate of drug-likeness (QED) is 0.229. The van der Waals surface area contributed by atoms with Gasteiger partial charge in [0.2, 0.25) is 0 Å². The molecule has 0 atom stereocenters. The Morgan fingerprint density at radius 3 is 0.844 bits per heavy atom. The van der Waals surface area contributed by atoms with Crippen LogP contribution in [0.3, 0.4) is 0 Å². The zero-order chi connectivity index (χ0) is 21.7. The number of hydrogen-bond donors (Lipinski definition) is 0. The maximum atomic E-state index is 6.94. The van der Waals surface area contributed by atoms with Crippen molar-refractivity contribution in [1.82, 2.24) is 0 Å². The smallest absolute Gasteiger partial charge is 0.0447 e. The second kappa shape index (κ2) is 6.78. The highest BCUT2D eigenvalue weighted by atomic mass is 35.5. The van der Waals surface area contributed by atoms with Crippen molar-refractivity contribution in [2.24, 2.45) is 0 Å². The summed E-state index contributed by atoms with van der Waals surface area (Å²) in [4.78, 5) is 0. The van der Waals surface area contributed by atoms with E-state index in [9.17, 15) is 0 Å². The van der Waals surface area contributed by atoms with E-state index in [1.807, 2.05) is 24.3 Å². The molecule has 0 N–H and O–H groups in total. The number of rotatable bonds is 0. The predicted octanol–water partition coefficient (Wildman–Crippen LogP) is 9.17. The summed E-state index contributed by atoms with van der Waals surface area (Å²) >= 11 is 27.8.